The van der Waals surface area contributed by atoms with Gasteiger partial charge in [-0.05, 0) is 42.0 Å². The zero-order valence-corrected chi connectivity index (χ0v) is 26.0. The highest BCUT2D eigenvalue weighted by Gasteiger charge is 2.34. The van der Waals surface area contributed by atoms with Gasteiger partial charge in [0, 0.05) is 62.7 Å². The van der Waals surface area contributed by atoms with Crippen molar-refractivity contribution >= 4 is 24.2 Å². The van der Waals surface area contributed by atoms with Gasteiger partial charge in [-0.2, -0.15) is 0 Å². The molecule has 6 rings (SSSR count). The number of phenols is 7. The molecular formula is C35H39FO14. The molecule has 0 aromatic heterocycles. The summed E-state index contributed by atoms with van der Waals surface area (Å²) in [6, 6.07) is 18.4. The minimum Gasteiger partial charge on any atom is -0.508 e. The number of esters is 3. The SMILES string of the molecule is C.CC1(C)OC(=O)CC(=O)O1.F.O=C1CC(c2ccc(O)cc2)c2c(O)cc(O)cc2O1.O=Cc1ccc(O)cc1.Oc1cc(O)cc(O)c1.[2HH]. The monoisotopic (exact) mass is 703 g/mol. The molecule has 0 aliphatic carbocycles. The molecule has 0 bridgehead atoms. The summed E-state index contributed by atoms with van der Waals surface area (Å²) in [7, 11) is 0. The third-order valence-corrected chi connectivity index (χ3v) is 6.27. The number of halogens is 1. The summed E-state index contributed by atoms with van der Waals surface area (Å²) in [6.07, 6.45) is 0.555. The van der Waals surface area contributed by atoms with E-state index in [0.29, 0.717) is 11.1 Å². The van der Waals surface area contributed by atoms with E-state index >= 15 is 0 Å². The van der Waals surface area contributed by atoms with Gasteiger partial charge in [-0.25, -0.2) is 0 Å². The summed E-state index contributed by atoms with van der Waals surface area (Å²) < 4.78 is 14.4. The Morgan fingerprint density at radius 1 is 0.660 bits per heavy atom. The van der Waals surface area contributed by atoms with Gasteiger partial charge in [0.1, 0.15) is 58.7 Å². The first-order chi connectivity index (χ1) is 22.5. The van der Waals surface area contributed by atoms with Crippen LogP contribution in [0.15, 0.2) is 78.9 Å². The van der Waals surface area contributed by atoms with Crippen molar-refractivity contribution in [1.29, 1.82) is 0 Å². The highest BCUT2D eigenvalue weighted by Crippen LogP contribution is 2.45. The molecule has 2 aliphatic heterocycles. The number of aldehydes is 1. The van der Waals surface area contributed by atoms with Crippen LogP contribution in [0.1, 0.15) is 62.9 Å². The lowest BCUT2D eigenvalue weighted by Gasteiger charge is -2.28. The Morgan fingerprint density at radius 3 is 1.54 bits per heavy atom. The summed E-state index contributed by atoms with van der Waals surface area (Å²) in [5.41, 5.74) is 1.82. The van der Waals surface area contributed by atoms with E-state index in [2.05, 4.69) is 9.47 Å². The molecule has 14 nitrogen and oxygen atoms in total. The number of phenolic OH excluding ortho intramolecular Hbond substituents is 7. The number of aromatic hydroxyl groups is 7. The maximum atomic E-state index is 11.7. The lowest BCUT2D eigenvalue weighted by molar-refractivity contribution is -0.231. The summed E-state index contributed by atoms with van der Waals surface area (Å²) >= 11 is 0. The van der Waals surface area contributed by atoms with Crippen molar-refractivity contribution in [1.82, 2.24) is 0 Å². The van der Waals surface area contributed by atoms with Gasteiger partial charge in [0.25, 0.3) is 5.79 Å². The zero-order valence-electron chi connectivity index (χ0n) is 26.0. The molecule has 0 saturated carbocycles. The predicted molar refractivity (Wildman–Crippen MR) is 177 cm³/mol. The quantitative estimate of drug-likeness (QED) is 0.0591. The molecule has 1 fully saturated rings. The molecule has 50 heavy (non-hydrogen) atoms. The maximum Gasteiger partial charge on any atom is 0.320 e. The summed E-state index contributed by atoms with van der Waals surface area (Å²) in [6.45, 7) is 3.03. The smallest absolute Gasteiger partial charge is 0.320 e. The number of benzene rings is 4. The van der Waals surface area contributed by atoms with Crippen molar-refractivity contribution in [3.8, 4) is 46.0 Å². The Morgan fingerprint density at radius 2 is 1.10 bits per heavy atom. The minimum atomic E-state index is -1.08. The second-order valence-corrected chi connectivity index (χ2v) is 10.6. The van der Waals surface area contributed by atoms with Crippen LogP contribution in [-0.4, -0.2) is 65.7 Å². The van der Waals surface area contributed by atoms with Gasteiger partial charge in [-0.15, -0.1) is 0 Å². The van der Waals surface area contributed by atoms with Gasteiger partial charge < -0.3 is 50.0 Å². The molecule has 15 heteroatoms. The fourth-order valence-electron chi connectivity index (χ4n) is 4.35. The van der Waals surface area contributed by atoms with Crippen molar-refractivity contribution in [2.45, 2.75) is 45.8 Å². The van der Waals surface area contributed by atoms with E-state index in [0.717, 1.165) is 30.0 Å². The first-order valence-corrected chi connectivity index (χ1v) is 14.0. The Bertz CT molecular complexity index is 1710. The average molecular weight is 704 g/mol. The number of ether oxygens (including phenoxy) is 3. The first-order valence-electron chi connectivity index (χ1n) is 14.0. The summed E-state index contributed by atoms with van der Waals surface area (Å²) in [5.74, 6) is -3.18. The van der Waals surface area contributed by atoms with E-state index in [4.69, 9.17) is 25.2 Å². The van der Waals surface area contributed by atoms with Gasteiger partial charge in [-0.1, -0.05) is 19.6 Å². The van der Waals surface area contributed by atoms with Gasteiger partial charge in [0.05, 0.1) is 6.42 Å². The molecular weight excluding hydrogens is 663 g/mol. The van der Waals surface area contributed by atoms with Crippen LogP contribution in [0, 0.1) is 0 Å². The van der Waals surface area contributed by atoms with E-state index in [1.165, 1.54) is 50.2 Å². The molecule has 7 N–H and O–H groups in total. The number of cyclic esters (lactones) is 2. The molecule has 2 heterocycles. The second-order valence-electron chi connectivity index (χ2n) is 10.6. The average Bonchev–Trinajstić information content (AvgIpc) is 2.96. The molecule has 4 aromatic carbocycles. The van der Waals surface area contributed by atoms with E-state index < -0.39 is 23.7 Å². The maximum absolute atomic E-state index is 11.7. The Hall–Kier alpha value is -6.51. The molecule has 0 radical (unpaired) electrons. The van der Waals surface area contributed by atoms with Crippen molar-refractivity contribution < 1.29 is 75.3 Å². The summed E-state index contributed by atoms with van der Waals surface area (Å²) in [4.78, 5) is 42.8. The van der Waals surface area contributed by atoms with Crippen molar-refractivity contribution in [2.24, 2.45) is 0 Å². The van der Waals surface area contributed by atoms with Gasteiger partial charge in [0.2, 0.25) is 0 Å². The van der Waals surface area contributed by atoms with E-state index in [1.54, 1.807) is 24.3 Å². The van der Waals surface area contributed by atoms with Crippen LogP contribution < -0.4 is 4.74 Å². The highest BCUT2D eigenvalue weighted by atomic mass is 19.0. The van der Waals surface area contributed by atoms with Gasteiger partial charge in [-0.3, -0.25) is 23.9 Å². The summed E-state index contributed by atoms with van der Waals surface area (Å²) in [5, 5.41) is 63.6. The van der Waals surface area contributed by atoms with Crippen molar-refractivity contribution in [2.75, 3.05) is 0 Å². The number of carbonyl (C=O) groups excluding carboxylic acids is 4. The number of hydrogen-bond donors (Lipinski definition) is 7. The third-order valence-electron chi connectivity index (χ3n) is 6.27. The Kier molecular flexibility index (Phi) is 15.1. The van der Waals surface area contributed by atoms with Gasteiger partial charge >= 0.3 is 17.9 Å². The second kappa shape index (κ2) is 18.1. The van der Waals surface area contributed by atoms with Crippen LogP contribution in [-0.2, 0) is 23.9 Å². The van der Waals surface area contributed by atoms with Gasteiger partial charge in [0.15, 0.2) is 0 Å². The predicted octanol–water partition coefficient (Wildman–Crippen LogP) is 5.50. The van der Waals surface area contributed by atoms with Crippen LogP contribution in [0.2, 0.25) is 0 Å². The fraction of sp³-hybridized carbons (Fsp3) is 0.200. The van der Waals surface area contributed by atoms with Crippen LogP contribution in [0.5, 0.6) is 46.0 Å². The third kappa shape index (κ3) is 12.6. The molecule has 270 valence electrons. The number of carbonyl (C=O) groups is 4. The number of fused-ring (bicyclic) bond motifs is 1. The Balaban J connectivity index is 0.000000691. The lowest BCUT2D eigenvalue weighted by atomic mass is 9.85. The largest absolute Gasteiger partial charge is 0.508 e. The molecule has 1 saturated heterocycles. The topological polar surface area (TPSA) is 238 Å². The number of rotatable bonds is 2. The molecule has 0 amide bonds. The van der Waals surface area contributed by atoms with Crippen LogP contribution in [0.25, 0.3) is 0 Å². The fourth-order valence-corrected chi connectivity index (χ4v) is 4.35. The Labute approximate surface area is 286 Å². The normalized spacial score (nSPS) is 14.9. The highest BCUT2D eigenvalue weighted by molar-refractivity contribution is 5.93. The molecule has 1 atom stereocenters. The first kappa shape index (κ1) is 41.5. The van der Waals surface area contributed by atoms with Crippen LogP contribution in [0.3, 0.4) is 0 Å². The number of hydrogen-bond acceptors (Lipinski definition) is 14. The zero-order chi connectivity index (χ0) is 35.6. The van der Waals surface area contributed by atoms with E-state index in [9.17, 15) is 34.5 Å². The van der Waals surface area contributed by atoms with Crippen LogP contribution in [0.4, 0.5) is 4.70 Å². The molecule has 0 spiro atoms. The van der Waals surface area contributed by atoms with E-state index in [-0.39, 0.29) is 78.3 Å². The molecule has 1 unspecified atom stereocenters. The molecule has 4 aromatic rings. The lowest BCUT2D eigenvalue weighted by Crippen LogP contribution is -2.39. The minimum absolute atomic E-state index is 0. The van der Waals surface area contributed by atoms with Crippen molar-refractivity contribution in [3.63, 3.8) is 0 Å². The molecule has 2 aliphatic rings. The van der Waals surface area contributed by atoms with Crippen molar-refractivity contribution in [3.05, 3.63) is 95.6 Å². The standard InChI is InChI=1S/C15H12O5.C7H6O2.C6H8O4.C6H6O3.CH4.FH.H2/c16-9-3-1-8(2-4-9)11-7-14(19)20-13-6-10(17)5-12(18)15(11)13;8-5-6-1-3-7(9)4-2-6;1-6(2)9-4(7)3-5(8)10-6;7-4-1-5(8)3-6(9)2-4;;;/h1-6,11,16-18H,7H2;1-5,9H;3H2,1-2H3;1-3,7-9H;1H4;2*1H/i;;;;;;1+1. The van der Waals surface area contributed by atoms with Crippen LogP contribution >= 0.6 is 0 Å². The van der Waals surface area contributed by atoms with E-state index in [1.807, 2.05) is 0 Å².